The fraction of sp³-hybridized carbons (Fsp3) is 0.273. The van der Waals surface area contributed by atoms with Gasteiger partial charge >= 0.3 is 0 Å². The highest BCUT2D eigenvalue weighted by molar-refractivity contribution is 5.82. The number of aliphatic hydroxyl groups is 1. The zero-order chi connectivity index (χ0) is 10.8. The van der Waals surface area contributed by atoms with E-state index < -0.39 is 6.10 Å². The van der Waals surface area contributed by atoms with E-state index >= 15 is 0 Å². The summed E-state index contributed by atoms with van der Waals surface area (Å²) in [5, 5.41) is 10.4. The van der Waals surface area contributed by atoms with Gasteiger partial charge in [0, 0.05) is 23.8 Å². The van der Waals surface area contributed by atoms with E-state index in [0.29, 0.717) is 5.88 Å². The molecule has 0 amide bonds. The van der Waals surface area contributed by atoms with Crippen LogP contribution in [0.25, 0.3) is 10.9 Å². The van der Waals surface area contributed by atoms with Crippen molar-refractivity contribution < 1.29 is 9.84 Å². The van der Waals surface area contributed by atoms with Gasteiger partial charge in [-0.25, -0.2) is 4.98 Å². The summed E-state index contributed by atoms with van der Waals surface area (Å²) in [5.74, 6) is 0.526. The van der Waals surface area contributed by atoms with Crippen LogP contribution >= 0.6 is 0 Å². The molecule has 0 radical (unpaired) electrons. The van der Waals surface area contributed by atoms with Crippen LogP contribution in [0.3, 0.4) is 0 Å². The van der Waals surface area contributed by atoms with Crippen molar-refractivity contribution in [2.24, 2.45) is 0 Å². The topological polar surface area (TPSA) is 55.2 Å². The Balaban J connectivity index is 2.67. The number of fused-ring (bicyclic) bond motifs is 1. The Morgan fingerprint density at radius 1 is 1.40 bits per heavy atom. The molecular weight excluding hydrogens is 192 g/mol. The van der Waals surface area contributed by atoms with Crippen molar-refractivity contribution in [3.05, 3.63) is 30.1 Å². The second-order valence-electron chi connectivity index (χ2n) is 3.32. The SMILES string of the molecule is COc1cc2nccc(C(C)O)c2cn1. The van der Waals surface area contributed by atoms with Gasteiger partial charge in [0.05, 0.1) is 18.7 Å². The Morgan fingerprint density at radius 2 is 2.20 bits per heavy atom. The molecule has 4 nitrogen and oxygen atoms in total. The van der Waals surface area contributed by atoms with Gasteiger partial charge in [-0.05, 0) is 18.6 Å². The molecule has 1 atom stereocenters. The maximum Gasteiger partial charge on any atom is 0.215 e. The number of pyridine rings is 2. The Bertz CT molecular complexity index is 483. The van der Waals surface area contributed by atoms with Crippen LogP contribution in [0.5, 0.6) is 5.88 Å². The van der Waals surface area contributed by atoms with E-state index in [9.17, 15) is 5.11 Å². The molecule has 0 saturated carbocycles. The van der Waals surface area contributed by atoms with Crippen molar-refractivity contribution in [2.75, 3.05) is 7.11 Å². The highest BCUT2D eigenvalue weighted by Crippen LogP contribution is 2.23. The number of rotatable bonds is 2. The fourth-order valence-electron chi connectivity index (χ4n) is 1.52. The molecular formula is C11H12N2O2. The third-order valence-corrected chi connectivity index (χ3v) is 2.29. The zero-order valence-corrected chi connectivity index (χ0v) is 8.64. The lowest BCUT2D eigenvalue weighted by Crippen LogP contribution is -1.95. The number of hydrogen-bond acceptors (Lipinski definition) is 4. The van der Waals surface area contributed by atoms with E-state index in [1.54, 1.807) is 38.6 Å². The van der Waals surface area contributed by atoms with Crippen LogP contribution in [-0.2, 0) is 0 Å². The first kappa shape index (κ1) is 9.86. The minimum absolute atomic E-state index is 0.523. The molecule has 0 fully saturated rings. The monoisotopic (exact) mass is 204 g/mol. The molecule has 0 spiro atoms. The molecule has 1 unspecified atom stereocenters. The summed E-state index contributed by atoms with van der Waals surface area (Å²) in [6.07, 6.45) is 2.82. The van der Waals surface area contributed by atoms with Crippen molar-refractivity contribution in [2.45, 2.75) is 13.0 Å². The average molecular weight is 204 g/mol. The molecule has 0 aliphatic rings. The highest BCUT2D eigenvalue weighted by Gasteiger charge is 2.07. The van der Waals surface area contributed by atoms with E-state index in [1.807, 2.05) is 0 Å². The predicted molar refractivity (Wildman–Crippen MR) is 56.7 cm³/mol. The first-order valence-electron chi connectivity index (χ1n) is 4.69. The molecule has 0 bridgehead atoms. The highest BCUT2D eigenvalue weighted by atomic mass is 16.5. The maximum absolute atomic E-state index is 9.56. The van der Waals surface area contributed by atoms with E-state index in [4.69, 9.17) is 4.74 Å². The number of nitrogens with zero attached hydrogens (tertiary/aromatic N) is 2. The molecule has 0 aliphatic carbocycles. The molecule has 15 heavy (non-hydrogen) atoms. The van der Waals surface area contributed by atoms with Gasteiger partial charge in [0.2, 0.25) is 5.88 Å². The summed E-state index contributed by atoms with van der Waals surface area (Å²) in [4.78, 5) is 8.30. The molecule has 2 aromatic rings. The molecule has 2 rings (SSSR count). The summed E-state index contributed by atoms with van der Waals surface area (Å²) in [6, 6.07) is 3.54. The molecule has 2 heterocycles. The fourth-order valence-corrected chi connectivity index (χ4v) is 1.52. The Kier molecular flexibility index (Phi) is 2.51. The van der Waals surface area contributed by atoms with Crippen molar-refractivity contribution in [1.29, 1.82) is 0 Å². The van der Waals surface area contributed by atoms with Crippen LogP contribution < -0.4 is 4.74 Å². The molecule has 0 aliphatic heterocycles. The van der Waals surface area contributed by atoms with Crippen LogP contribution in [-0.4, -0.2) is 22.2 Å². The third-order valence-electron chi connectivity index (χ3n) is 2.29. The van der Waals surface area contributed by atoms with E-state index in [2.05, 4.69) is 9.97 Å². The minimum atomic E-state index is -0.523. The van der Waals surface area contributed by atoms with Crippen LogP contribution in [0.2, 0.25) is 0 Å². The van der Waals surface area contributed by atoms with Crippen molar-refractivity contribution >= 4 is 10.9 Å². The molecule has 1 N–H and O–H groups in total. The van der Waals surface area contributed by atoms with Gasteiger partial charge in [-0.3, -0.25) is 4.98 Å². The van der Waals surface area contributed by atoms with Gasteiger partial charge < -0.3 is 9.84 Å². The van der Waals surface area contributed by atoms with Crippen molar-refractivity contribution in [3.63, 3.8) is 0 Å². The number of methoxy groups -OCH3 is 1. The largest absolute Gasteiger partial charge is 0.481 e. The molecule has 4 heteroatoms. The number of ether oxygens (including phenoxy) is 1. The maximum atomic E-state index is 9.56. The van der Waals surface area contributed by atoms with Gasteiger partial charge in [0.15, 0.2) is 0 Å². The summed E-state index contributed by atoms with van der Waals surface area (Å²) in [7, 11) is 1.56. The first-order chi connectivity index (χ1) is 7.22. The standard InChI is InChI=1S/C11H12N2O2/c1-7(14)8-3-4-12-10-5-11(15-2)13-6-9(8)10/h3-7,14H,1-2H3. The number of hydrogen-bond donors (Lipinski definition) is 1. The Morgan fingerprint density at radius 3 is 2.87 bits per heavy atom. The van der Waals surface area contributed by atoms with Gasteiger partial charge in [-0.15, -0.1) is 0 Å². The van der Waals surface area contributed by atoms with Gasteiger partial charge in [0.1, 0.15) is 0 Å². The lowest BCUT2D eigenvalue weighted by Gasteiger charge is -2.08. The van der Waals surface area contributed by atoms with E-state index in [-0.39, 0.29) is 0 Å². The summed E-state index contributed by atoms with van der Waals surface area (Å²) >= 11 is 0. The molecule has 2 aromatic heterocycles. The minimum Gasteiger partial charge on any atom is -0.481 e. The Hall–Kier alpha value is -1.68. The lowest BCUT2D eigenvalue weighted by molar-refractivity contribution is 0.201. The average Bonchev–Trinajstić information content (AvgIpc) is 2.27. The third kappa shape index (κ3) is 1.76. The molecule has 0 saturated heterocycles. The van der Waals surface area contributed by atoms with Gasteiger partial charge in [0.25, 0.3) is 0 Å². The van der Waals surface area contributed by atoms with Crippen LogP contribution in [0, 0.1) is 0 Å². The van der Waals surface area contributed by atoms with Crippen molar-refractivity contribution in [3.8, 4) is 5.88 Å². The number of aromatic nitrogens is 2. The molecule has 78 valence electrons. The normalized spacial score (nSPS) is 12.7. The Labute approximate surface area is 87.6 Å². The quantitative estimate of drug-likeness (QED) is 0.808. The molecule has 0 aromatic carbocycles. The zero-order valence-electron chi connectivity index (χ0n) is 8.64. The van der Waals surface area contributed by atoms with Crippen molar-refractivity contribution in [1.82, 2.24) is 9.97 Å². The van der Waals surface area contributed by atoms with Gasteiger partial charge in [-0.2, -0.15) is 0 Å². The summed E-state index contributed by atoms with van der Waals surface area (Å²) < 4.78 is 5.01. The predicted octanol–water partition coefficient (Wildman–Crippen LogP) is 1.69. The second-order valence-corrected chi connectivity index (χ2v) is 3.32. The smallest absolute Gasteiger partial charge is 0.215 e. The first-order valence-corrected chi connectivity index (χ1v) is 4.69. The van der Waals surface area contributed by atoms with Gasteiger partial charge in [-0.1, -0.05) is 0 Å². The van der Waals surface area contributed by atoms with Crippen LogP contribution in [0.1, 0.15) is 18.6 Å². The second kappa shape index (κ2) is 3.82. The number of aliphatic hydroxyl groups excluding tert-OH is 1. The summed E-state index contributed by atoms with van der Waals surface area (Å²) in [6.45, 7) is 1.72. The van der Waals surface area contributed by atoms with E-state index in [1.165, 1.54) is 0 Å². The summed E-state index contributed by atoms with van der Waals surface area (Å²) in [5.41, 5.74) is 1.61. The van der Waals surface area contributed by atoms with Crippen LogP contribution in [0.15, 0.2) is 24.5 Å². The van der Waals surface area contributed by atoms with Crippen LogP contribution in [0.4, 0.5) is 0 Å². The van der Waals surface area contributed by atoms with E-state index in [0.717, 1.165) is 16.5 Å². The lowest BCUT2D eigenvalue weighted by atomic mass is 10.1.